The van der Waals surface area contributed by atoms with Crippen molar-refractivity contribution in [2.75, 3.05) is 7.05 Å². The van der Waals surface area contributed by atoms with Crippen molar-refractivity contribution in [1.82, 2.24) is 5.32 Å². The second-order valence-electron chi connectivity index (χ2n) is 5.16. The van der Waals surface area contributed by atoms with Crippen LogP contribution in [0.15, 0.2) is 40.2 Å². The van der Waals surface area contributed by atoms with Crippen LogP contribution in [0, 0.1) is 0 Å². The fraction of sp³-hybridized carbons (Fsp3) is 0.375. The highest BCUT2D eigenvalue weighted by molar-refractivity contribution is 9.11. The van der Waals surface area contributed by atoms with Gasteiger partial charge in [0.25, 0.3) is 0 Å². The Balaban J connectivity index is 1.90. The Morgan fingerprint density at radius 3 is 2.68 bits per heavy atom. The number of benzene rings is 1. The molecule has 0 amide bonds. The molecule has 1 unspecified atom stereocenters. The van der Waals surface area contributed by atoms with E-state index in [9.17, 15) is 0 Å². The van der Waals surface area contributed by atoms with E-state index >= 15 is 0 Å². The summed E-state index contributed by atoms with van der Waals surface area (Å²) < 4.78 is 1.19. The zero-order chi connectivity index (χ0) is 13.2. The Morgan fingerprint density at radius 2 is 2.11 bits per heavy atom. The first kappa shape index (κ1) is 13.3. The van der Waals surface area contributed by atoms with Crippen LogP contribution < -0.4 is 5.32 Å². The van der Waals surface area contributed by atoms with Gasteiger partial charge >= 0.3 is 0 Å². The number of thiophene rings is 1. The van der Waals surface area contributed by atoms with E-state index in [2.05, 4.69) is 57.6 Å². The van der Waals surface area contributed by atoms with Crippen LogP contribution in [0.3, 0.4) is 0 Å². The molecule has 1 fully saturated rings. The lowest BCUT2D eigenvalue weighted by atomic mass is 9.79. The first-order valence-electron chi connectivity index (χ1n) is 6.80. The van der Waals surface area contributed by atoms with Crippen molar-refractivity contribution < 1.29 is 0 Å². The van der Waals surface area contributed by atoms with Crippen molar-refractivity contribution in [3.05, 3.63) is 56.2 Å². The third kappa shape index (κ3) is 2.78. The highest BCUT2D eigenvalue weighted by atomic mass is 79.9. The third-order valence-electron chi connectivity index (χ3n) is 3.99. The zero-order valence-electron chi connectivity index (χ0n) is 11.0. The van der Waals surface area contributed by atoms with Gasteiger partial charge in [0.1, 0.15) is 0 Å². The highest BCUT2D eigenvalue weighted by Crippen LogP contribution is 2.38. The summed E-state index contributed by atoms with van der Waals surface area (Å²) in [6.45, 7) is 0. The standard InChI is InChI=1S/C16H18BrNS/c1-18-16(14-8-9-15(17)19-14)13-7-3-6-12(10-13)11-4-2-5-11/h3,6-11,16,18H,2,4-5H2,1H3. The maximum atomic E-state index is 3.55. The van der Waals surface area contributed by atoms with Gasteiger partial charge in [0.2, 0.25) is 0 Å². The van der Waals surface area contributed by atoms with E-state index in [1.165, 1.54) is 39.1 Å². The minimum atomic E-state index is 0.302. The average Bonchev–Trinajstić information content (AvgIpc) is 2.75. The van der Waals surface area contributed by atoms with Gasteiger partial charge in [-0.2, -0.15) is 0 Å². The SMILES string of the molecule is CNC(c1cccc(C2CCC2)c1)c1ccc(Br)s1. The molecule has 3 rings (SSSR count). The molecule has 0 bridgehead atoms. The second-order valence-corrected chi connectivity index (χ2v) is 7.66. The smallest absolute Gasteiger partial charge is 0.0702 e. The molecular weight excluding hydrogens is 318 g/mol. The van der Waals surface area contributed by atoms with E-state index < -0.39 is 0 Å². The van der Waals surface area contributed by atoms with Gasteiger partial charge < -0.3 is 5.32 Å². The largest absolute Gasteiger partial charge is 0.309 e. The van der Waals surface area contributed by atoms with Crippen LogP contribution in [0.1, 0.15) is 47.2 Å². The van der Waals surface area contributed by atoms with Gasteiger partial charge in [-0.25, -0.2) is 0 Å². The number of nitrogens with one attached hydrogen (secondary N) is 1. The Morgan fingerprint density at radius 1 is 1.26 bits per heavy atom. The van der Waals surface area contributed by atoms with Gasteiger partial charge in [0.05, 0.1) is 9.83 Å². The quantitative estimate of drug-likeness (QED) is 0.820. The van der Waals surface area contributed by atoms with Crippen molar-refractivity contribution in [1.29, 1.82) is 0 Å². The van der Waals surface area contributed by atoms with E-state index in [0.29, 0.717) is 6.04 Å². The molecule has 2 aromatic rings. The zero-order valence-corrected chi connectivity index (χ0v) is 13.4. The van der Waals surface area contributed by atoms with E-state index in [-0.39, 0.29) is 0 Å². The lowest BCUT2D eigenvalue weighted by Gasteiger charge is -2.27. The molecule has 1 aliphatic carbocycles. The van der Waals surface area contributed by atoms with Gasteiger partial charge in [0, 0.05) is 4.88 Å². The average molecular weight is 336 g/mol. The van der Waals surface area contributed by atoms with Crippen molar-refractivity contribution in [3.8, 4) is 0 Å². The molecule has 19 heavy (non-hydrogen) atoms. The van der Waals surface area contributed by atoms with Crippen molar-refractivity contribution >= 4 is 27.3 Å². The molecule has 100 valence electrons. The molecular formula is C16H18BrNS. The van der Waals surface area contributed by atoms with Gasteiger partial charge in [-0.1, -0.05) is 30.7 Å². The van der Waals surface area contributed by atoms with Crippen LogP contribution in [-0.4, -0.2) is 7.05 Å². The van der Waals surface area contributed by atoms with Crippen LogP contribution >= 0.6 is 27.3 Å². The van der Waals surface area contributed by atoms with Crippen molar-refractivity contribution in [2.24, 2.45) is 0 Å². The summed E-state index contributed by atoms with van der Waals surface area (Å²) in [5.74, 6) is 0.799. The topological polar surface area (TPSA) is 12.0 Å². The molecule has 1 aromatic heterocycles. The predicted molar refractivity (Wildman–Crippen MR) is 86.0 cm³/mol. The normalized spacial score (nSPS) is 17.2. The van der Waals surface area contributed by atoms with E-state index in [1.807, 2.05) is 7.05 Å². The molecule has 0 radical (unpaired) electrons. The molecule has 1 aliphatic rings. The monoisotopic (exact) mass is 335 g/mol. The summed E-state index contributed by atoms with van der Waals surface area (Å²) in [6, 6.07) is 13.7. The first-order chi connectivity index (χ1) is 9.28. The third-order valence-corrected chi connectivity index (χ3v) is 5.68. The second kappa shape index (κ2) is 5.78. The van der Waals surface area contributed by atoms with E-state index in [1.54, 1.807) is 11.3 Å². The number of rotatable bonds is 4. The molecule has 3 heteroatoms. The minimum absolute atomic E-state index is 0.302. The van der Waals surface area contributed by atoms with Crippen LogP contribution in [0.25, 0.3) is 0 Å². The number of hydrogen-bond donors (Lipinski definition) is 1. The lowest BCUT2D eigenvalue weighted by Crippen LogP contribution is -2.17. The Kier molecular flexibility index (Phi) is 4.06. The van der Waals surface area contributed by atoms with Crippen LogP contribution in [0.4, 0.5) is 0 Å². The van der Waals surface area contributed by atoms with Crippen LogP contribution in [0.5, 0.6) is 0 Å². The van der Waals surface area contributed by atoms with Gasteiger partial charge in [-0.3, -0.25) is 0 Å². The summed E-state index contributed by atoms with van der Waals surface area (Å²) in [5.41, 5.74) is 2.89. The summed E-state index contributed by atoms with van der Waals surface area (Å²) >= 11 is 5.35. The molecule has 1 heterocycles. The number of halogens is 1. The fourth-order valence-electron chi connectivity index (χ4n) is 2.69. The highest BCUT2D eigenvalue weighted by Gasteiger charge is 2.21. The molecule has 1 saturated carbocycles. The molecule has 0 aliphatic heterocycles. The maximum absolute atomic E-state index is 3.55. The molecule has 1 nitrogen and oxygen atoms in total. The van der Waals surface area contributed by atoms with E-state index in [4.69, 9.17) is 0 Å². The fourth-order valence-corrected chi connectivity index (χ4v) is 4.25. The molecule has 1 aromatic carbocycles. The van der Waals surface area contributed by atoms with Crippen LogP contribution in [0.2, 0.25) is 0 Å². The molecule has 0 spiro atoms. The Labute approximate surface area is 127 Å². The van der Waals surface area contributed by atoms with Gasteiger partial charge in [-0.05, 0) is 65.0 Å². The summed E-state index contributed by atoms with van der Waals surface area (Å²) in [6.07, 6.45) is 4.11. The first-order valence-corrected chi connectivity index (χ1v) is 8.41. The lowest BCUT2D eigenvalue weighted by molar-refractivity contribution is 0.419. The minimum Gasteiger partial charge on any atom is -0.309 e. The predicted octanol–water partition coefficient (Wildman–Crippen LogP) is 5.09. The van der Waals surface area contributed by atoms with Gasteiger partial charge in [-0.15, -0.1) is 11.3 Å². The summed E-state index contributed by atoms with van der Waals surface area (Å²) in [4.78, 5) is 1.36. The van der Waals surface area contributed by atoms with Crippen molar-refractivity contribution in [3.63, 3.8) is 0 Å². The van der Waals surface area contributed by atoms with Crippen molar-refractivity contribution in [2.45, 2.75) is 31.2 Å². The Hall–Kier alpha value is -0.640. The maximum Gasteiger partial charge on any atom is 0.0702 e. The van der Waals surface area contributed by atoms with E-state index in [0.717, 1.165) is 5.92 Å². The molecule has 0 saturated heterocycles. The Bertz CT molecular complexity index is 559. The van der Waals surface area contributed by atoms with Gasteiger partial charge in [0.15, 0.2) is 0 Å². The molecule has 1 atom stereocenters. The number of hydrogen-bond acceptors (Lipinski definition) is 2. The van der Waals surface area contributed by atoms with Crippen LogP contribution in [-0.2, 0) is 0 Å². The summed E-state index contributed by atoms with van der Waals surface area (Å²) in [7, 11) is 2.04. The molecule has 1 N–H and O–H groups in total. The summed E-state index contributed by atoms with van der Waals surface area (Å²) in [5, 5.41) is 3.44.